The second-order valence-corrected chi connectivity index (χ2v) is 9.69. The Kier molecular flexibility index (Phi) is 6.26. The lowest BCUT2D eigenvalue weighted by Gasteiger charge is -2.38. The number of benzene rings is 2. The smallest absolute Gasteiger partial charge is 0.407 e. The van der Waals surface area contributed by atoms with E-state index in [9.17, 15) is 14.4 Å². The number of carboxylic acid groups (broad SMARTS) is 1. The Labute approximate surface area is 199 Å². The number of nitrogens with one attached hydrogen (secondary N) is 1. The number of hydrogen-bond donors (Lipinski definition) is 2. The minimum absolute atomic E-state index is 0.0381. The number of amides is 2. The number of carboxylic acids is 1. The molecule has 7 nitrogen and oxygen atoms in total. The summed E-state index contributed by atoms with van der Waals surface area (Å²) in [6, 6.07) is 15.9. The number of ether oxygens (including phenoxy) is 1. The van der Waals surface area contributed by atoms with Gasteiger partial charge in [0, 0.05) is 25.4 Å². The van der Waals surface area contributed by atoms with Crippen LogP contribution in [-0.2, 0) is 14.3 Å². The molecule has 3 aliphatic rings. The molecule has 0 aromatic heterocycles. The fourth-order valence-electron chi connectivity index (χ4n) is 5.73. The van der Waals surface area contributed by atoms with Gasteiger partial charge in [0.05, 0.1) is 0 Å². The molecule has 2 aromatic carbocycles. The third-order valence-electron chi connectivity index (χ3n) is 7.62. The van der Waals surface area contributed by atoms with Crippen molar-refractivity contribution in [3.63, 3.8) is 0 Å². The standard InChI is InChI=1S/C27H30N2O5/c30-25(29-12-11-24(29)26(31)32)14-17-9-10-18(13-17)15-28-27(33)34-16-23-21-7-3-1-5-19(21)20-6-2-4-8-22(20)23/h1-8,17-18,23-24H,9-16H2,(H,28,33)(H,31,32). The molecule has 2 amide bonds. The summed E-state index contributed by atoms with van der Waals surface area (Å²) >= 11 is 0. The number of fused-ring (bicyclic) bond motifs is 3. The molecular formula is C27H30N2O5. The van der Waals surface area contributed by atoms with Gasteiger partial charge in [0.1, 0.15) is 12.6 Å². The molecule has 1 saturated carbocycles. The zero-order chi connectivity index (χ0) is 23.7. The first-order chi connectivity index (χ1) is 16.5. The fraction of sp³-hybridized carbons (Fsp3) is 0.444. The first kappa shape index (κ1) is 22.4. The van der Waals surface area contributed by atoms with Gasteiger partial charge in [-0.1, -0.05) is 48.5 Å². The van der Waals surface area contributed by atoms with Crippen molar-refractivity contribution in [1.29, 1.82) is 0 Å². The minimum Gasteiger partial charge on any atom is -0.480 e. The van der Waals surface area contributed by atoms with Gasteiger partial charge in [0.2, 0.25) is 5.91 Å². The number of carbonyl (C=O) groups excluding carboxylic acids is 2. The summed E-state index contributed by atoms with van der Waals surface area (Å²) in [7, 11) is 0. The van der Waals surface area contributed by atoms with E-state index in [0.717, 1.165) is 19.3 Å². The molecule has 1 heterocycles. The van der Waals surface area contributed by atoms with Crippen molar-refractivity contribution in [2.24, 2.45) is 11.8 Å². The Morgan fingerprint density at radius 3 is 2.21 bits per heavy atom. The van der Waals surface area contributed by atoms with Crippen molar-refractivity contribution in [2.45, 2.75) is 44.1 Å². The van der Waals surface area contributed by atoms with Crippen LogP contribution in [0.2, 0.25) is 0 Å². The van der Waals surface area contributed by atoms with E-state index in [4.69, 9.17) is 9.84 Å². The largest absolute Gasteiger partial charge is 0.480 e. The summed E-state index contributed by atoms with van der Waals surface area (Å²) in [6.45, 7) is 1.36. The van der Waals surface area contributed by atoms with Crippen LogP contribution in [0.4, 0.5) is 4.79 Å². The third kappa shape index (κ3) is 4.39. The van der Waals surface area contributed by atoms with Crippen molar-refractivity contribution in [3.05, 3.63) is 59.7 Å². The molecular weight excluding hydrogens is 432 g/mol. The Morgan fingerprint density at radius 2 is 1.59 bits per heavy atom. The maximum absolute atomic E-state index is 12.4. The molecule has 3 unspecified atom stereocenters. The summed E-state index contributed by atoms with van der Waals surface area (Å²) in [5.41, 5.74) is 4.78. The average molecular weight is 463 g/mol. The Hall–Kier alpha value is -3.35. The summed E-state index contributed by atoms with van der Waals surface area (Å²) in [5, 5.41) is 12.0. The summed E-state index contributed by atoms with van der Waals surface area (Å²) in [6.07, 6.45) is 3.26. The number of likely N-dealkylation sites (tertiary alicyclic amines) is 1. The predicted molar refractivity (Wildman–Crippen MR) is 126 cm³/mol. The van der Waals surface area contributed by atoms with E-state index in [-0.39, 0.29) is 17.7 Å². The third-order valence-corrected chi connectivity index (χ3v) is 7.62. The van der Waals surface area contributed by atoms with Crippen LogP contribution in [-0.4, -0.2) is 53.7 Å². The van der Waals surface area contributed by atoms with Gasteiger partial charge < -0.3 is 20.1 Å². The molecule has 1 saturated heterocycles. The second-order valence-electron chi connectivity index (χ2n) is 9.69. The second kappa shape index (κ2) is 9.49. The summed E-state index contributed by atoms with van der Waals surface area (Å²) in [4.78, 5) is 37.5. The normalized spacial score (nSPS) is 23.1. The van der Waals surface area contributed by atoms with Gasteiger partial charge in [-0.3, -0.25) is 4.79 Å². The van der Waals surface area contributed by atoms with E-state index >= 15 is 0 Å². The van der Waals surface area contributed by atoms with Gasteiger partial charge in [-0.15, -0.1) is 0 Å². The highest BCUT2D eigenvalue weighted by Crippen LogP contribution is 2.44. The number of hydrogen-bond acceptors (Lipinski definition) is 4. The van der Waals surface area contributed by atoms with Crippen molar-refractivity contribution >= 4 is 18.0 Å². The van der Waals surface area contributed by atoms with Gasteiger partial charge in [-0.05, 0) is 59.8 Å². The molecule has 7 heteroatoms. The first-order valence-corrected chi connectivity index (χ1v) is 12.1. The van der Waals surface area contributed by atoms with Crippen LogP contribution in [0.5, 0.6) is 0 Å². The van der Waals surface area contributed by atoms with E-state index in [2.05, 4.69) is 29.6 Å². The van der Waals surface area contributed by atoms with Crippen LogP contribution in [0.15, 0.2) is 48.5 Å². The molecule has 0 bridgehead atoms. The quantitative estimate of drug-likeness (QED) is 0.648. The first-order valence-electron chi connectivity index (χ1n) is 12.1. The molecule has 2 fully saturated rings. The van der Waals surface area contributed by atoms with Crippen molar-refractivity contribution in [3.8, 4) is 11.1 Å². The highest BCUT2D eigenvalue weighted by Gasteiger charge is 2.39. The highest BCUT2D eigenvalue weighted by atomic mass is 16.5. The molecule has 2 aliphatic carbocycles. The molecule has 5 rings (SSSR count). The Morgan fingerprint density at radius 1 is 0.941 bits per heavy atom. The van der Waals surface area contributed by atoms with E-state index < -0.39 is 18.1 Å². The van der Waals surface area contributed by atoms with Crippen LogP contribution in [0.3, 0.4) is 0 Å². The molecule has 34 heavy (non-hydrogen) atoms. The van der Waals surface area contributed by atoms with E-state index in [1.54, 1.807) is 0 Å². The lowest BCUT2D eigenvalue weighted by Crippen LogP contribution is -2.55. The summed E-state index contributed by atoms with van der Waals surface area (Å²) in [5.74, 6) is -0.386. The highest BCUT2D eigenvalue weighted by molar-refractivity contribution is 5.85. The van der Waals surface area contributed by atoms with E-state index in [1.165, 1.54) is 27.2 Å². The number of rotatable bonds is 7. The molecule has 1 aliphatic heterocycles. The zero-order valence-electron chi connectivity index (χ0n) is 19.1. The van der Waals surface area contributed by atoms with E-state index in [0.29, 0.717) is 38.5 Å². The molecule has 178 valence electrons. The molecule has 2 aromatic rings. The maximum Gasteiger partial charge on any atom is 0.407 e. The van der Waals surface area contributed by atoms with Crippen LogP contribution < -0.4 is 5.32 Å². The molecule has 0 spiro atoms. The minimum atomic E-state index is -0.920. The SMILES string of the molecule is O=C(NCC1CCC(CC(=O)N2CCC2C(=O)O)C1)OCC1c2ccccc2-c2ccccc21. The van der Waals surface area contributed by atoms with Gasteiger partial charge >= 0.3 is 12.1 Å². The van der Waals surface area contributed by atoms with Crippen molar-refractivity contribution in [1.82, 2.24) is 10.2 Å². The lowest BCUT2D eigenvalue weighted by molar-refractivity contribution is -0.157. The Bertz CT molecular complexity index is 1050. The van der Waals surface area contributed by atoms with Gasteiger partial charge in [0.25, 0.3) is 0 Å². The van der Waals surface area contributed by atoms with Gasteiger partial charge in [0.15, 0.2) is 0 Å². The van der Waals surface area contributed by atoms with Crippen LogP contribution in [0.25, 0.3) is 11.1 Å². The van der Waals surface area contributed by atoms with Gasteiger partial charge in [-0.25, -0.2) is 9.59 Å². The topological polar surface area (TPSA) is 95.9 Å². The summed E-state index contributed by atoms with van der Waals surface area (Å²) < 4.78 is 5.61. The van der Waals surface area contributed by atoms with E-state index in [1.807, 2.05) is 24.3 Å². The number of alkyl carbamates (subject to hydrolysis) is 1. The maximum atomic E-state index is 12.4. The number of carbonyl (C=O) groups is 3. The molecule has 2 N–H and O–H groups in total. The van der Waals surface area contributed by atoms with Crippen molar-refractivity contribution < 1.29 is 24.2 Å². The van der Waals surface area contributed by atoms with Crippen LogP contribution in [0.1, 0.15) is 49.1 Å². The van der Waals surface area contributed by atoms with Gasteiger partial charge in [-0.2, -0.15) is 0 Å². The lowest BCUT2D eigenvalue weighted by atomic mass is 9.97. The number of nitrogens with zero attached hydrogens (tertiary/aromatic N) is 1. The molecule has 0 radical (unpaired) electrons. The zero-order valence-corrected chi connectivity index (χ0v) is 19.1. The molecule has 3 atom stereocenters. The van der Waals surface area contributed by atoms with Crippen LogP contribution in [0, 0.1) is 11.8 Å². The van der Waals surface area contributed by atoms with Crippen LogP contribution >= 0.6 is 0 Å². The number of aliphatic carboxylic acids is 1. The average Bonchev–Trinajstić information content (AvgIpc) is 3.37. The monoisotopic (exact) mass is 462 g/mol. The Balaban J connectivity index is 1.07. The predicted octanol–water partition coefficient (Wildman–Crippen LogP) is 4.02. The fourth-order valence-corrected chi connectivity index (χ4v) is 5.73. The van der Waals surface area contributed by atoms with Crippen molar-refractivity contribution in [2.75, 3.05) is 19.7 Å².